The number of carbonyl (C=O) groups is 2. The van der Waals surface area contributed by atoms with Gasteiger partial charge in [-0.1, -0.05) is 0 Å². The number of nitrogens with one attached hydrogen (secondary N) is 3. The normalized spacial score (nSPS) is 13.9. The summed E-state index contributed by atoms with van der Waals surface area (Å²) in [5, 5.41) is 8.32. The Hall–Kier alpha value is -1.14. The molecule has 0 aliphatic rings. The van der Waals surface area contributed by atoms with Crippen molar-refractivity contribution < 1.29 is 14.3 Å². The van der Waals surface area contributed by atoms with Crippen molar-refractivity contribution >= 4 is 11.8 Å². The van der Waals surface area contributed by atoms with E-state index in [4.69, 9.17) is 4.74 Å². The molecule has 2 unspecified atom stereocenters. The second-order valence-electron chi connectivity index (χ2n) is 3.79. The molecule has 0 radical (unpaired) electrons. The largest absolute Gasteiger partial charge is 0.383 e. The minimum Gasteiger partial charge on any atom is -0.383 e. The minimum atomic E-state index is -0.413. The van der Waals surface area contributed by atoms with Gasteiger partial charge in [-0.05, 0) is 20.8 Å². The van der Waals surface area contributed by atoms with Crippen LogP contribution in [0.25, 0.3) is 0 Å². The van der Waals surface area contributed by atoms with Crippen molar-refractivity contribution in [3.05, 3.63) is 0 Å². The third-order valence-electron chi connectivity index (χ3n) is 2.24. The molecule has 0 spiro atoms. The number of ether oxygens (including phenoxy) is 1. The van der Waals surface area contributed by atoms with Crippen LogP contribution in [-0.2, 0) is 14.3 Å². The highest BCUT2D eigenvalue weighted by atomic mass is 16.5. The molecule has 0 saturated carbocycles. The van der Waals surface area contributed by atoms with Gasteiger partial charge in [0, 0.05) is 20.2 Å². The highest BCUT2D eigenvalue weighted by Gasteiger charge is 2.18. The molecule has 0 aromatic carbocycles. The summed E-state index contributed by atoms with van der Waals surface area (Å²) >= 11 is 0. The lowest BCUT2D eigenvalue weighted by molar-refractivity contribution is -0.125. The van der Waals surface area contributed by atoms with Crippen molar-refractivity contribution in [1.29, 1.82) is 0 Å². The molecule has 0 saturated heterocycles. The van der Waals surface area contributed by atoms with Gasteiger partial charge in [0.05, 0.1) is 18.7 Å². The highest BCUT2D eigenvalue weighted by Crippen LogP contribution is 1.88. The summed E-state index contributed by atoms with van der Waals surface area (Å²) in [4.78, 5) is 23.0. The first kappa shape index (κ1) is 15.9. The minimum absolute atomic E-state index is 0.107. The average Bonchev–Trinajstić information content (AvgIpc) is 2.29. The Bertz CT molecular complexity index is 246. The third kappa shape index (κ3) is 6.91. The molecule has 0 aliphatic heterocycles. The van der Waals surface area contributed by atoms with E-state index in [0.717, 1.165) is 0 Å². The van der Waals surface area contributed by atoms with Crippen molar-refractivity contribution in [2.75, 3.05) is 26.8 Å². The molecule has 17 heavy (non-hydrogen) atoms. The van der Waals surface area contributed by atoms with E-state index < -0.39 is 12.1 Å². The molecule has 0 fully saturated rings. The van der Waals surface area contributed by atoms with Crippen LogP contribution < -0.4 is 16.0 Å². The predicted molar refractivity (Wildman–Crippen MR) is 65.6 cm³/mol. The zero-order valence-electron chi connectivity index (χ0n) is 11.0. The molecular weight excluding hydrogens is 222 g/mol. The van der Waals surface area contributed by atoms with Gasteiger partial charge < -0.3 is 15.4 Å². The van der Waals surface area contributed by atoms with Crippen LogP contribution in [0.15, 0.2) is 0 Å². The van der Waals surface area contributed by atoms with Crippen molar-refractivity contribution in [3.8, 4) is 0 Å². The Morgan fingerprint density at radius 1 is 1.12 bits per heavy atom. The van der Waals surface area contributed by atoms with Crippen LogP contribution in [0, 0.1) is 0 Å². The van der Waals surface area contributed by atoms with Gasteiger partial charge in [0.15, 0.2) is 0 Å². The molecule has 0 aromatic rings. The predicted octanol–water partition coefficient (Wildman–Crippen LogP) is -0.748. The summed E-state index contributed by atoms with van der Waals surface area (Å²) in [7, 11) is 1.57. The van der Waals surface area contributed by atoms with E-state index in [1.54, 1.807) is 21.0 Å². The lowest BCUT2D eigenvalue weighted by Gasteiger charge is -2.18. The molecule has 0 heterocycles. The number of likely N-dealkylation sites (N-methyl/N-ethyl adjacent to an activating group) is 1. The van der Waals surface area contributed by atoms with E-state index >= 15 is 0 Å². The molecule has 0 aromatic heterocycles. The fourth-order valence-corrected chi connectivity index (χ4v) is 1.28. The van der Waals surface area contributed by atoms with Crippen molar-refractivity contribution in [2.45, 2.75) is 32.9 Å². The maximum absolute atomic E-state index is 11.6. The smallest absolute Gasteiger partial charge is 0.236 e. The second kappa shape index (κ2) is 8.95. The Balaban J connectivity index is 3.93. The molecule has 6 heteroatoms. The van der Waals surface area contributed by atoms with Crippen molar-refractivity contribution in [3.63, 3.8) is 0 Å². The van der Waals surface area contributed by atoms with Gasteiger partial charge in [0.25, 0.3) is 0 Å². The van der Waals surface area contributed by atoms with Crippen LogP contribution in [0.2, 0.25) is 0 Å². The van der Waals surface area contributed by atoms with Crippen LogP contribution in [0.4, 0.5) is 0 Å². The molecule has 3 N–H and O–H groups in total. The summed E-state index contributed by atoms with van der Waals surface area (Å²) in [6.07, 6.45) is 0. The van der Waals surface area contributed by atoms with Gasteiger partial charge in [-0.2, -0.15) is 0 Å². The van der Waals surface area contributed by atoms with E-state index in [2.05, 4.69) is 16.0 Å². The van der Waals surface area contributed by atoms with Gasteiger partial charge in [0.2, 0.25) is 11.8 Å². The summed E-state index contributed by atoms with van der Waals surface area (Å²) in [5.41, 5.74) is 0. The summed E-state index contributed by atoms with van der Waals surface area (Å²) in [6, 6.07) is -0.803. The van der Waals surface area contributed by atoms with Crippen molar-refractivity contribution in [1.82, 2.24) is 16.0 Å². The molecular formula is C11H23N3O3. The Kier molecular flexibility index (Phi) is 8.35. The van der Waals surface area contributed by atoms with E-state index in [9.17, 15) is 9.59 Å². The molecule has 100 valence electrons. The number of hydrogen-bond acceptors (Lipinski definition) is 4. The summed E-state index contributed by atoms with van der Waals surface area (Å²) in [6.45, 7) is 6.83. The van der Waals surface area contributed by atoms with Gasteiger partial charge in [-0.15, -0.1) is 0 Å². The van der Waals surface area contributed by atoms with E-state index in [1.807, 2.05) is 6.92 Å². The van der Waals surface area contributed by atoms with Crippen LogP contribution >= 0.6 is 0 Å². The molecule has 0 rings (SSSR count). The molecule has 6 nitrogen and oxygen atoms in total. The standard InChI is InChI=1S/C11H23N3O3/c1-5-12-10(15)8(2)14-9(3)11(16)13-6-7-17-4/h8-9,14H,5-7H2,1-4H3,(H,12,15)(H,13,16). The molecule has 2 amide bonds. The number of hydrogen-bond donors (Lipinski definition) is 3. The van der Waals surface area contributed by atoms with Crippen LogP contribution in [0.1, 0.15) is 20.8 Å². The maximum atomic E-state index is 11.6. The maximum Gasteiger partial charge on any atom is 0.236 e. The number of carbonyl (C=O) groups excluding carboxylic acids is 2. The SMILES string of the molecule is CCNC(=O)C(C)NC(C)C(=O)NCCOC. The Labute approximate surface area is 102 Å². The summed E-state index contributed by atoms with van der Waals surface area (Å²) < 4.78 is 4.82. The lowest BCUT2D eigenvalue weighted by atomic mass is 10.2. The van der Waals surface area contributed by atoms with Crippen molar-refractivity contribution in [2.24, 2.45) is 0 Å². The summed E-state index contributed by atoms with van der Waals surface area (Å²) in [5.74, 6) is -0.248. The van der Waals surface area contributed by atoms with Gasteiger partial charge in [-0.3, -0.25) is 14.9 Å². The fourth-order valence-electron chi connectivity index (χ4n) is 1.28. The number of amides is 2. The quantitative estimate of drug-likeness (QED) is 0.492. The van der Waals surface area contributed by atoms with Gasteiger partial charge >= 0.3 is 0 Å². The zero-order chi connectivity index (χ0) is 13.3. The lowest BCUT2D eigenvalue weighted by Crippen LogP contribution is -2.51. The van der Waals surface area contributed by atoms with Crippen LogP contribution in [-0.4, -0.2) is 50.7 Å². The molecule has 0 bridgehead atoms. The first-order valence-corrected chi connectivity index (χ1v) is 5.83. The zero-order valence-corrected chi connectivity index (χ0v) is 11.0. The highest BCUT2D eigenvalue weighted by molar-refractivity contribution is 5.84. The Morgan fingerprint density at radius 2 is 1.65 bits per heavy atom. The van der Waals surface area contributed by atoms with Crippen LogP contribution in [0.3, 0.4) is 0 Å². The fraction of sp³-hybridized carbons (Fsp3) is 0.818. The van der Waals surface area contributed by atoms with E-state index in [1.165, 1.54) is 0 Å². The van der Waals surface area contributed by atoms with Crippen LogP contribution in [0.5, 0.6) is 0 Å². The van der Waals surface area contributed by atoms with Gasteiger partial charge in [-0.25, -0.2) is 0 Å². The van der Waals surface area contributed by atoms with Gasteiger partial charge in [0.1, 0.15) is 0 Å². The van der Waals surface area contributed by atoms with E-state index in [0.29, 0.717) is 19.7 Å². The topological polar surface area (TPSA) is 79.5 Å². The molecule has 0 aliphatic carbocycles. The second-order valence-corrected chi connectivity index (χ2v) is 3.79. The monoisotopic (exact) mass is 245 g/mol. The third-order valence-corrected chi connectivity index (χ3v) is 2.24. The number of rotatable bonds is 8. The molecule has 2 atom stereocenters. The first-order chi connectivity index (χ1) is 8.02. The Morgan fingerprint density at radius 3 is 2.12 bits per heavy atom. The average molecular weight is 245 g/mol. The number of methoxy groups -OCH3 is 1. The van der Waals surface area contributed by atoms with E-state index in [-0.39, 0.29) is 11.8 Å². The first-order valence-electron chi connectivity index (χ1n) is 5.83.